The lowest BCUT2D eigenvalue weighted by molar-refractivity contribution is 0.420. The molecule has 5 heteroatoms. The van der Waals surface area contributed by atoms with Crippen LogP contribution in [-0.2, 0) is 16.5 Å². The summed E-state index contributed by atoms with van der Waals surface area (Å²) in [5, 5.41) is 0.571. The van der Waals surface area contributed by atoms with Gasteiger partial charge < -0.3 is 0 Å². The predicted octanol–water partition coefficient (Wildman–Crippen LogP) is 11.3. The minimum Gasteiger partial charge on any atom is -0.282 e. The van der Waals surface area contributed by atoms with Gasteiger partial charge >= 0.3 is 0 Å². The van der Waals surface area contributed by atoms with Gasteiger partial charge in [0, 0.05) is 0 Å². The normalized spacial score (nSPS) is 11.8. The van der Waals surface area contributed by atoms with E-state index in [0.717, 1.165) is 18.4 Å². The number of unbranched alkanes of at least 4 members (excludes halogenated alkanes) is 14. The van der Waals surface area contributed by atoms with E-state index in [-0.39, 0.29) is 4.90 Å². The first-order chi connectivity index (χ1) is 18.2. The molecule has 1 aromatic rings. The highest BCUT2D eigenvalue weighted by Gasteiger charge is 2.22. The van der Waals surface area contributed by atoms with Crippen LogP contribution in [-0.4, -0.2) is 18.1 Å². The molecule has 0 amide bonds. The second-order valence-corrected chi connectivity index (χ2v) is 14.0. The van der Waals surface area contributed by atoms with Gasteiger partial charge in [-0.15, -0.1) is 9.24 Å². The molecule has 1 unspecified atom stereocenters. The second-order valence-electron chi connectivity index (χ2n) is 11.4. The summed E-state index contributed by atoms with van der Waals surface area (Å²) in [6.07, 6.45) is 28.7. The Balaban J connectivity index is 0.000000793. The molecule has 0 aromatic heterocycles. The third kappa shape index (κ3) is 20.5. The zero-order valence-electron chi connectivity index (χ0n) is 25.6. The summed E-state index contributed by atoms with van der Waals surface area (Å²) in [6, 6.07) is 6.73. The lowest BCUT2D eigenvalue weighted by Gasteiger charge is -2.29. The van der Waals surface area contributed by atoms with Crippen LogP contribution in [0.25, 0.3) is 0 Å². The monoisotopic (exact) mass is 570 g/mol. The Morgan fingerprint density at radius 2 is 1.00 bits per heavy atom. The lowest BCUT2D eigenvalue weighted by Crippen LogP contribution is -2.20. The van der Waals surface area contributed by atoms with E-state index in [1.165, 1.54) is 128 Å². The van der Waals surface area contributed by atoms with Crippen molar-refractivity contribution in [3.63, 3.8) is 0 Å². The molecule has 0 aliphatic rings. The van der Waals surface area contributed by atoms with Crippen molar-refractivity contribution >= 4 is 19.4 Å². The molecule has 0 radical (unpaired) electrons. The highest BCUT2D eigenvalue weighted by Crippen LogP contribution is 2.36. The molecule has 0 aliphatic heterocycles. The topological polar surface area (TPSA) is 54.4 Å². The maximum atomic E-state index is 11.3. The molecule has 224 valence electrons. The summed E-state index contributed by atoms with van der Waals surface area (Å²) >= 11 is 0. The first-order valence-electron chi connectivity index (χ1n) is 16.1. The quantitative estimate of drug-likeness (QED) is 0.0808. The van der Waals surface area contributed by atoms with Crippen LogP contribution < -0.4 is 0 Å². The van der Waals surface area contributed by atoms with Crippen molar-refractivity contribution in [2.45, 2.75) is 179 Å². The van der Waals surface area contributed by atoms with Gasteiger partial charge in [-0.1, -0.05) is 155 Å². The highest BCUT2D eigenvalue weighted by atomic mass is 32.2. The molecule has 1 N–H and O–H groups in total. The zero-order chi connectivity index (χ0) is 28.5. The number of hydrogen-bond acceptors (Lipinski definition) is 2. The zero-order valence-corrected chi connectivity index (χ0v) is 27.6. The van der Waals surface area contributed by atoms with Crippen molar-refractivity contribution in [2.24, 2.45) is 0 Å². The van der Waals surface area contributed by atoms with Crippen LogP contribution in [0.5, 0.6) is 0 Å². The maximum absolute atomic E-state index is 11.3. The van der Waals surface area contributed by atoms with Crippen LogP contribution in [0.3, 0.4) is 0 Å². The van der Waals surface area contributed by atoms with Gasteiger partial charge in [-0.2, -0.15) is 8.42 Å². The van der Waals surface area contributed by atoms with Crippen LogP contribution in [0.2, 0.25) is 0 Å². The highest BCUT2D eigenvalue weighted by molar-refractivity contribution is 7.85. The molecule has 1 rings (SSSR count). The first-order valence-corrected chi connectivity index (χ1v) is 18.1. The molecular weight excluding hydrogens is 507 g/mol. The fourth-order valence-electron chi connectivity index (χ4n) is 5.10. The van der Waals surface area contributed by atoms with Crippen molar-refractivity contribution in [2.75, 3.05) is 0 Å². The minimum atomic E-state index is -4.10. The third-order valence-electron chi connectivity index (χ3n) is 7.63. The number of hydrogen-bond donors (Lipinski definition) is 1. The van der Waals surface area contributed by atoms with Crippen molar-refractivity contribution in [1.82, 2.24) is 0 Å². The van der Waals surface area contributed by atoms with E-state index in [4.69, 9.17) is 0 Å². The molecule has 3 nitrogen and oxygen atoms in total. The van der Waals surface area contributed by atoms with Gasteiger partial charge in [0.1, 0.15) is 0 Å². The van der Waals surface area contributed by atoms with Crippen LogP contribution in [0.15, 0.2) is 29.2 Å². The van der Waals surface area contributed by atoms with Gasteiger partial charge in [0.05, 0.1) is 4.90 Å². The van der Waals surface area contributed by atoms with E-state index in [2.05, 4.69) is 36.9 Å². The fourth-order valence-corrected chi connectivity index (χ4v) is 6.47. The third-order valence-corrected chi connectivity index (χ3v) is 9.45. The molecule has 1 aromatic carbocycles. The summed E-state index contributed by atoms with van der Waals surface area (Å²) in [5.41, 5.74) is 0.728. The van der Waals surface area contributed by atoms with Crippen LogP contribution in [0.1, 0.15) is 168 Å². The van der Waals surface area contributed by atoms with Crippen molar-refractivity contribution < 1.29 is 13.0 Å². The Kier molecular flexibility index (Phi) is 24.1. The lowest BCUT2D eigenvalue weighted by atomic mass is 9.89. The number of rotatable bonds is 23. The van der Waals surface area contributed by atoms with E-state index in [1.807, 2.05) is 6.07 Å². The Labute approximate surface area is 240 Å². The van der Waals surface area contributed by atoms with Gasteiger partial charge in [-0.25, -0.2) is 0 Å². The SMILES string of the molecule is CCCCCC(P)(CCCC)CCCC.CCCCCCCCCCCCCc1ccccc1S(=O)(=O)O. The van der Waals surface area contributed by atoms with E-state index in [0.29, 0.717) is 11.6 Å². The fraction of sp³-hybridized carbons (Fsp3) is 0.818. The van der Waals surface area contributed by atoms with Gasteiger partial charge in [0.15, 0.2) is 0 Å². The Morgan fingerprint density at radius 3 is 1.47 bits per heavy atom. The summed E-state index contributed by atoms with van der Waals surface area (Å²) in [6.45, 7) is 9.14. The molecule has 0 spiro atoms. The molecule has 0 saturated heterocycles. The second kappa shape index (κ2) is 24.4. The Bertz CT molecular complexity index is 755. The van der Waals surface area contributed by atoms with Crippen LogP contribution >= 0.6 is 9.24 Å². The van der Waals surface area contributed by atoms with Crippen LogP contribution in [0, 0.1) is 0 Å². The largest absolute Gasteiger partial charge is 0.294 e. The summed E-state index contributed by atoms with van der Waals surface area (Å²) in [4.78, 5) is 0.0621. The molecule has 38 heavy (non-hydrogen) atoms. The smallest absolute Gasteiger partial charge is 0.282 e. The van der Waals surface area contributed by atoms with Crippen molar-refractivity contribution in [3.05, 3.63) is 29.8 Å². The molecule has 0 fully saturated rings. The summed E-state index contributed by atoms with van der Waals surface area (Å²) < 4.78 is 31.8. The van der Waals surface area contributed by atoms with Gasteiger partial charge in [0.25, 0.3) is 10.1 Å². The van der Waals surface area contributed by atoms with E-state index in [9.17, 15) is 13.0 Å². The van der Waals surface area contributed by atoms with Crippen molar-refractivity contribution in [3.8, 4) is 0 Å². The van der Waals surface area contributed by atoms with E-state index >= 15 is 0 Å². The molecule has 0 saturated carbocycles. The van der Waals surface area contributed by atoms with Gasteiger partial charge in [-0.3, -0.25) is 4.55 Å². The number of aryl methyl sites for hydroxylation is 1. The average Bonchev–Trinajstić information content (AvgIpc) is 2.90. The molecular formula is C33H63O3PS. The van der Waals surface area contributed by atoms with E-state index in [1.54, 1.807) is 12.1 Å². The van der Waals surface area contributed by atoms with Crippen molar-refractivity contribution in [1.29, 1.82) is 0 Å². The molecule has 0 aliphatic carbocycles. The van der Waals surface area contributed by atoms with Gasteiger partial charge in [0.2, 0.25) is 0 Å². The molecule has 1 atom stereocenters. The van der Waals surface area contributed by atoms with Crippen LogP contribution in [0.4, 0.5) is 0 Å². The summed E-state index contributed by atoms with van der Waals surface area (Å²) in [7, 11) is -0.911. The Morgan fingerprint density at radius 1 is 0.605 bits per heavy atom. The maximum Gasteiger partial charge on any atom is 0.294 e. The number of benzene rings is 1. The minimum absolute atomic E-state index is 0.0621. The first kappa shape index (κ1) is 37.6. The average molecular weight is 571 g/mol. The molecule has 0 heterocycles. The van der Waals surface area contributed by atoms with E-state index < -0.39 is 10.1 Å². The Hall–Kier alpha value is -0.440. The predicted molar refractivity (Wildman–Crippen MR) is 172 cm³/mol. The standard InChI is InChI=1S/C19H32O3S.C14H31P/c1-2-3-4-5-6-7-8-9-10-11-12-15-18-16-13-14-17-19(18)23(20,21)22;1-4-7-10-13-14(15,11-8-5-2)12-9-6-3/h13-14,16-17H,2-12,15H2,1H3,(H,20,21,22);4-13,15H2,1-3H3. The van der Waals surface area contributed by atoms with Gasteiger partial charge in [-0.05, 0) is 48.9 Å². The molecule has 0 bridgehead atoms. The summed E-state index contributed by atoms with van der Waals surface area (Å²) in [5.74, 6) is 0.